The Hall–Kier alpha value is -1.84. The van der Waals surface area contributed by atoms with Gasteiger partial charge in [0.05, 0.1) is 0 Å². The van der Waals surface area contributed by atoms with E-state index in [0.717, 1.165) is 24.8 Å². The van der Waals surface area contributed by atoms with E-state index in [1.54, 1.807) is 0 Å². The van der Waals surface area contributed by atoms with Gasteiger partial charge in [-0.3, -0.25) is 10.2 Å². The molecule has 1 aliphatic carbocycles. The third-order valence-electron chi connectivity index (χ3n) is 3.78. The number of aliphatic carboxylic acids is 1. The summed E-state index contributed by atoms with van der Waals surface area (Å²) in [5.41, 5.74) is -0.156. The summed E-state index contributed by atoms with van der Waals surface area (Å²) in [6, 6.07) is 9.52. The van der Waals surface area contributed by atoms with Crippen LogP contribution < -0.4 is 0 Å². The number of hydrogen-bond donors (Lipinski definition) is 2. The molecule has 0 unspecified atom stereocenters. The summed E-state index contributed by atoms with van der Waals surface area (Å²) in [6.07, 6.45) is 3.76. The standard InChI is InChI=1S/C15H19NO3/c16-13(19-11-12-7-3-1-4-8-12)15(14(17)18)9-5-2-6-10-15/h1,3-4,7-8,16H,2,5-6,9-11H2,(H,17,18). The number of benzene rings is 1. The van der Waals surface area contributed by atoms with Crippen molar-refractivity contribution in [2.45, 2.75) is 38.7 Å². The predicted molar refractivity (Wildman–Crippen MR) is 72.1 cm³/mol. The van der Waals surface area contributed by atoms with Gasteiger partial charge in [-0.25, -0.2) is 0 Å². The lowest BCUT2D eigenvalue weighted by Crippen LogP contribution is -2.41. The monoisotopic (exact) mass is 261 g/mol. The summed E-state index contributed by atoms with van der Waals surface area (Å²) in [7, 11) is 0. The molecule has 19 heavy (non-hydrogen) atoms. The molecule has 0 saturated heterocycles. The minimum atomic E-state index is -1.10. The fraction of sp³-hybridized carbons (Fsp3) is 0.467. The van der Waals surface area contributed by atoms with E-state index in [-0.39, 0.29) is 12.5 Å². The summed E-state index contributed by atoms with van der Waals surface area (Å²) in [4.78, 5) is 11.5. The van der Waals surface area contributed by atoms with Gasteiger partial charge in [0.15, 0.2) is 5.90 Å². The normalized spacial score (nSPS) is 17.7. The number of carboxylic acids is 1. The highest BCUT2D eigenvalue weighted by Gasteiger charge is 2.45. The van der Waals surface area contributed by atoms with E-state index in [4.69, 9.17) is 10.1 Å². The topological polar surface area (TPSA) is 70.4 Å². The van der Waals surface area contributed by atoms with Crippen molar-refractivity contribution in [3.8, 4) is 0 Å². The van der Waals surface area contributed by atoms with Crippen LogP contribution in [-0.2, 0) is 16.1 Å². The van der Waals surface area contributed by atoms with Gasteiger partial charge in [0.2, 0.25) is 0 Å². The predicted octanol–water partition coefficient (Wildman–Crippen LogP) is 3.22. The van der Waals surface area contributed by atoms with Gasteiger partial charge >= 0.3 is 5.97 Å². The van der Waals surface area contributed by atoms with E-state index in [0.29, 0.717) is 12.8 Å². The minimum Gasteiger partial charge on any atom is -0.480 e. The van der Waals surface area contributed by atoms with E-state index >= 15 is 0 Å². The van der Waals surface area contributed by atoms with Gasteiger partial charge in [-0.05, 0) is 18.4 Å². The maximum absolute atomic E-state index is 11.5. The van der Waals surface area contributed by atoms with E-state index in [9.17, 15) is 9.90 Å². The molecule has 1 aromatic rings. The molecule has 0 atom stereocenters. The van der Waals surface area contributed by atoms with Gasteiger partial charge in [0, 0.05) is 0 Å². The summed E-state index contributed by atoms with van der Waals surface area (Å²) in [5.74, 6) is -1.02. The number of nitrogens with one attached hydrogen (secondary N) is 1. The lowest BCUT2D eigenvalue weighted by molar-refractivity contribution is -0.147. The first-order chi connectivity index (χ1) is 9.15. The van der Waals surface area contributed by atoms with Crippen LogP contribution in [0, 0.1) is 10.8 Å². The van der Waals surface area contributed by atoms with Crippen molar-refractivity contribution in [1.82, 2.24) is 0 Å². The molecule has 102 valence electrons. The zero-order valence-electron chi connectivity index (χ0n) is 10.9. The van der Waals surface area contributed by atoms with Crippen molar-refractivity contribution in [2.24, 2.45) is 5.41 Å². The Balaban J connectivity index is 2.02. The number of carbonyl (C=O) groups is 1. The molecule has 1 saturated carbocycles. The van der Waals surface area contributed by atoms with Crippen molar-refractivity contribution in [1.29, 1.82) is 5.41 Å². The van der Waals surface area contributed by atoms with Gasteiger partial charge in [-0.15, -0.1) is 0 Å². The van der Waals surface area contributed by atoms with Crippen molar-refractivity contribution in [3.05, 3.63) is 35.9 Å². The second-order valence-electron chi connectivity index (χ2n) is 5.05. The van der Waals surface area contributed by atoms with E-state index in [2.05, 4.69) is 0 Å². The molecule has 4 heteroatoms. The lowest BCUT2D eigenvalue weighted by Gasteiger charge is -2.32. The molecule has 2 rings (SSSR count). The first-order valence-corrected chi connectivity index (χ1v) is 6.64. The molecule has 0 bridgehead atoms. The molecule has 1 fully saturated rings. The first-order valence-electron chi connectivity index (χ1n) is 6.64. The first kappa shape index (κ1) is 13.6. The number of hydrogen-bond acceptors (Lipinski definition) is 3. The highest BCUT2D eigenvalue weighted by atomic mass is 16.5. The molecule has 0 radical (unpaired) electrons. The van der Waals surface area contributed by atoms with Crippen LogP contribution in [0.25, 0.3) is 0 Å². The molecule has 0 spiro atoms. The number of carboxylic acid groups (broad SMARTS) is 1. The van der Waals surface area contributed by atoms with Crippen LogP contribution >= 0.6 is 0 Å². The van der Waals surface area contributed by atoms with Crippen molar-refractivity contribution >= 4 is 11.9 Å². The average Bonchev–Trinajstić information content (AvgIpc) is 2.46. The van der Waals surface area contributed by atoms with Crippen LogP contribution in [0.2, 0.25) is 0 Å². The highest BCUT2D eigenvalue weighted by Crippen LogP contribution is 2.38. The van der Waals surface area contributed by atoms with Gasteiger partial charge in [-0.1, -0.05) is 49.6 Å². The van der Waals surface area contributed by atoms with Crippen LogP contribution in [-0.4, -0.2) is 17.0 Å². The fourth-order valence-corrected chi connectivity index (χ4v) is 2.56. The summed E-state index contributed by atoms with van der Waals surface area (Å²) < 4.78 is 5.43. The second kappa shape index (κ2) is 5.87. The highest BCUT2D eigenvalue weighted by molar-refractivity contribution is 6.00. The van der Waals surface area contributed by atoms with Gasteiger partial charge in [-0.2, -0.15) is 0 Å². The van der Waals surface area contributed by atoms with Crippen molar-refractivity contribution < 1.29 is 14.6 Å². The molecule has 0 aromatic heterocycles. The maximum atomic E-state index is 11.5. The van der Waals surface area contributed by atoms with Crippen LogP contribution in [0.1, 0.15) is 37.7 Å². The average molecular weight is 261 g/mol. The van der Waals surface area contributed by atoms with Crippen LogP contribution in [0.5, 0.6) is 0 Å². The summed E-state index contributed by atoms with van der Waals surface area (Å²) in [6.45, 7) is 0.259. The quantitative estimate of drug-likeness (QED) is 0.645. The second-order valence-corrected chi connectivity index (χ2v) is 5.05. The minimum absolute atomic E-state index is 0.0939. The molecule has 2 N–H and O–H groups in total. The maximum Gasteiger partial charge on any atom is 0.319 e. The molecule has 0 amide bonds. The van der Waals surface area contributed by atoms with Crippen molar-refractivity contribution in [2.75, 3.05) is 0 Å². The summed E-state index contributed by atoms with van der Waals surface area (Å²) >= 11 is 0. The molecule has 0 heterocycles. The smallest absolute Gasteiger partial charge is 0.319 e. The zero-order chi connectivity index (χ0) is 13.7. The van der Waals surface area contributed by atoms with Crippen molar-refractivity contribution in [3.63, 3.8) is 0 Å². The molecule has 1 aromatic carbocycles. The zero-order valence-corrected chi connectivity index (χ0v) is 10.9. The molecule has 4 nitrogen and oxygen atoms in total. The van der Waals surface area contributed by atoms with Gasteiger partial charge in [0.1, 0.15) is 12.0 Å². The number of rotatable bonds is 4. The molecular weight excluding hydrogens is 242 g/mol. The number of ether oxygens (including phenoxy) is 1. The Labute approximate surface area is 112 Å². The SMILES string of the molecule is N=C(OCc1ccccc1)C1(C(=O)O)CCCCC1. The third-order valence-corrected chi connectivity index (χ3v) is 3.78. The largest absolute Gasteiger partial charge is 0.480 e. The van der Waals surface area contributed by atoms with Gasteiger partial charge < -0.3 is 9.84 Å². The third kappa shape index (κ3) is 2.95. The Kier molecular flexibility index (Phi) is 4.20. The van der Waals surface area contributed by atoms with Crippen LogP contribution in [0.3, 0.4) is 0 Å². The Morgan fingerprint density at radius 3 is 2.42 bits per heavy atom. The van der Waals surface area contributed by atoms with E-state index in [1.807, 2.05) is 30.3 Å². The molecule has 0 aliphatic heterocycles. The summed E-state index contributed by atoms with van der Waals surface area (Å²) in [5, 5.41) is 17.4. The van der Waals surface area contributed by atoms with E-state index < -0.39 is 11.4 Å². The molecular formula is C15H19NO3. The Morgan fingerprint density at radius 2 is 1.84 bits per heavy atom. The Morgan fingerprint density at radius 1 is 1.21 bits per heavy atom. The van der Waals surface area contributed by atoms with Crippen LogP contribution in [0.15, 0.2) is 30.3 Å². The fourth-order valence-electron chi connectivity index (χ4n) is 2.56. The van der Waals surface area contributed by atoms with E-state index in [1.165, 1.54) is 0 Å². The Bertz CT molecular complexity index is 450. The molecule has 1 aliphatic rings. The van der Waals surface area contributed by atoms with Crippen LogP contribution in [0.4, 0.5) is 0 Å². The lowest BCUT2D eigenvalue weighted by atomic mass is 9.74. The van der Waals surface area contributed by atoms with Gasteiger partial charge in [0.25, 0.3) is 0 Å².